The lowest BCUT2D eigenvalue weighted by atomic mass is 9.87. The predicted molar refractivity (Wildman–Crippen MR) is 130 cm³/mol. The average Bonchev–Trinajstić information content (AvgIpc) is 2.74. The van der Waals surface area contributed by atoms with Crippen LogP contribution < -0.4 is 5.43 Å². The summed E-state index contributed by atoms with van der Waals surface area (Å²) in [5.41, 5.74) is 4.78. The monoisotopic (exact) mass is 520 g/mol. The third-order valence-corrected chi connectivity index (χ3v) is 7.77. The molecule has 2 aromatic rings. The number of carbonyl (C=O) groups is 1. The van der Waals surface area contributed by atoms with Crippen LogP contribution in [0.5, 0.6) is 0 Å². The fourth-order valence-electron chi connectivity index (χ4n) is 3.37. The molecule has 0 radical (unpaired) electrons. The molecular formula is C23H29BrN4O3S. The number of amides is 1. The van der Waals surface area contributed by atoms with Gasteiger partial charge in [0.05, 0.1) is 17.7 Å². The van der Waals surface area contributed by atoms with Gasteiger partial charge in [0.2, 0.25) is 10.0 Å². The maximum Gasteiger partial charge on any atom is 0.254 e. The number of rotatable bonds is 6. The third kappa shape index (κ3) is 6.48. The number of hydrazone groups is 1. The molecule has 3 rings (SSSR count). The first kappa shape index (κ1) is 24.6. The number of sulfonamides is 1. The zero-order chi connectivity index (χ0) is 23.4. The second-order valence-electron chi connectivity index (χ2n) is 8.80. The number of benzene rings is 2. The minimum Gasteiger partial charge on any atom is -0.292 e. The number of nitrogens with zero attached hydrogens (tertiary/aromatic N) is 3. The minimum atomic E-state index is -3.53. The maximum absolute atomic E-state index is 12.8. The first-order valence-corrected chi connectivity index (χ1v) is 12.7. The average molecular weight is 521 g/mol. The van der Waals surface area contributed by atoms with E-state index >= 15 is 0 Å². The smallest absolute Gasteiger partial charge is 0.254 e. The van der Waals surface area contributed by atoms with Gasteiger partial charge in [-0.25, -0.2) is 13.8 Å². The topological polar surface area (TPSA) is 82.1 Å². The van der Waals surface area contributed by atoms with E-state index in [4.69, 9.17) is 0 Å². The summed E-state index contributed by atoms with van der Waals surface area (Å²) in [6, 6.07) is 14.7. The molecule has 7 nitrogen and oxygen atoms in total. The SMILES string of the molecule is CC(C)(C)c1ccc(/C=N/NC(=O)CN2CCN(S(=O)(=O)c3ccc(Br)cc3)CC2)cc1. The van der Waals surface area contributed by atoms with Crippen molar-refractivity contribution in [3.05, 3.63) is 64.1 Å². The van der Waals surface area contributed by atoms with Crippen LogP contribution >= 0.6 is 15.9 Å². The highest BCUT2D eigenvalue weighted by Crippen LogP contribution is 2.22. The van der Waals surface area contributed by atoms with Crippen molar-refractivity contribution in [1.29, 1.82) is 0 Å². The molecule has 0 aromatic heterocycles. The minimum absolute atomic E-state index is 0.0888. The molecule has 0 saturated carbocycles. The molecule has 172 valence electrons. The van der Waals surface area contributed by atoms with Crippen LogP contribution in [0.1, 0.15) is 31.9 Å². The standard InChI is InChI=1S/C23H29BrN4O3S/c1-23(2,3)19-6-4-18(5-7-19)16-25-26-22(29)17-27-12-14-28(15-13-27)32(30,31)21-10-8-20(24)9-11-21/h4-11,16H,12-15,17H2,1-3H3,(H,26,29)/b25-16+. The van der Waals surface area contributed by atoms with Crippen molar-refractivity contribution >= 4 is 38.1 Å². The summed E-state index contributed by atoms with van der Waals surface area (Å²) in [4.78, 5) is 14.4. The summed E-state index contributed by atoms with van der Waals surface area (Å²) >= 11 is 3.32. The first-order chi connectivity index (χ1) is 15.1. The molecule has 9 heteroatoms. The molecule has 0 bridgehead atoms. The Morgan fingerprint density at radius 2 is 1.62 bits per heavy atom. The maximum atomic E-state index is 12.8. The van der Waals surface area contributed by atoms with Crippen LogP contribution in [0, 0.1) is 0 Å². The molecule has 1 saturated heterocycles. The number of hydrogen-bond acceptors (Lipinski definition) is 5. The highest BCUT2D eigenvalue weighted by molar-refractivity contribution is 9.10. The van der Waals surface area contributed by atoms with E-state index in [2.05, 4.69) is 59.4 Å². The van der Waals surface area contributed by atoms with Gasteiger partial charge in [0.25, 0.3) is 5.91 Å². The van der Waals surface area contributed by atoms with Crippen LogP contribution in [0.3, 0.4) is 0 Å². The summed E-state index contributed by atoms with van der Waals surface area (Å²) in [7, 11) is -3.53. The Bertz CT molecular complexity index is 1050. The highest BCUT2D eigenvalue weighted by atomic mass is 79.9. The van der Waals surface area contributed by atoms with E-state index in [0.717, 1.165) is 10.0 Å². The summed E-state index contributed by atoms with van der Waals surface area (Å²) in [6.07, 6.45) is 1.62. The van der Waals surface area contributed by atoms with Crippen LogP contribution in [0.4, 0.5) is 0 Å². The van der Waals surface area contributed by atoms with E-state index in [9.17, 15) is 13.2 Å². The lowest BCUT2D eigenvalue weighted by Gasteiger charge is -2.33. The molecule has 1 amide bonds. The molecule has 0 spiro atoms. The lowest BCUT2D eigenvalue weighted by Crippen LogP contribution is -2.50. The Morgan fingerprint density at radius 3 is 2.19 bits per heavy atom. The highest BCUT2D eigenvalue weighted by Gasteiger charge is 2.29. The van der Waals surface area contributed by atoms with Crippen molar-refractivity contribution in [1.82, 2.24) is 14.6 Å². The summed E-state index contributed by atoms with van der Waals surface area (Å²) in [5, 5.41) is 4.04. The summed E-state index contributed by atoms with van der Waals surface area (Å²) in [5.74, 6) is -0.225. The first-order valence-electron chi connectivity index (χ1n) is 10.5. The molecule has 1 aliphatic rings. The van der Waals surface area contributed by atoms with Crippen LogP contribution in [-0.4, -0.2) is 62.5 Å². The Hall–Kier alpha value is -2.07. The van der Waals surface area contributed by atoms with Crippen molar-refractivity contribution < 1.29 is 13.2 Å². The van der Waals surface area contributed by atoms with Gasteiger partial charge in [0.1, 0.15) is 0 Å². The van der Waals surface area contributed by atoms with Crippen LogP contribution in [-0.2, 0) is 20.2 Å². The van der Waals surface area contributed by atoms with Gasteiger partial charge in [0, 0.05) is 30.7 Å². The molecule has 1 N–H and O–H groups in total. The second-order valence-corrected chi connectivity index (χ2v) is 11.7. The van der Waals surface area contributed by atoms with Crippen molar-refractivity contribution in [3.63, 3.8) is 0 Å². The molecular weight excluding hydrogens is 492 g/mol. The Kier molecular flexibility index (Phi) is 7.87. The number of carbonyl (C=O) groups excluding carboxylic acids is 1. The Morgan fingerprint density at radius 1 is 1.03 bits per heavy atom. The van der Waals surface area contributed by atoms with Crippen molar-refractivity contribution in [2.75, 3.05) is 32.7 Å². The molecule has 1 fully saturated rings. The van der Waals surface area contributed by atoms with Crippen LogP contribution in [0.15, 0.2) is 63.0 Å². The number of halogens is 1. The largest absolute Gasteiger partial charge is 0.292 e. The van der Waals surface area contributed by atoms with Gasteiger partial charge in [-0.15, -0.1) is 0 Å². The van der Waals surface area contributed by atoms with E-state index < -0.39 is 10.0 Å². The second kappa shape index (κ2) is 10.2. The molecule has 1 aliphatic heterocycles. The van der Waals surface area contributed by atoms with Gasteiger partial charge in [-0.3, -0.25) is 9.69 Å². The summed E-state index contributed by atoms with van der Waals surface area (Å²) < 4.78 is 27.8. The van der Waals surface area contributed by atoms with Gasteiger partial charge in [-0.1, -0.05) is 61.0 Å². The van der Waals surface area contributed by atoms with Gasteiger partial charge >= 0.3 is 0 Å². The molecule has 0 unspecified atom stereocenters. The predicted octanol–water partition coefficient (Wildman–Crippen LogP) is 3.20. The molecule has 0 atom stereocenters. The Balaban J connectivity index is 1.46. The van der Waals surface area contributed by atoms with Crippen molar-refractivity contribution in [3.8, 4) is 0 Å². The van der Waals surface area contributed by atoms with Gasteiger partial charge in [-0.05, 0) is 40.8 Å². The zero-order valence-electron chi connectivity index (χ0n) is 18.6. The van der Waals surface area contributed by atoms with Gasteiger partial charge in [-0.2, -0.15) is 9.41 Å². The van der Waals surface area contributed by atoms with Crippen molar-refractivity contribution in [2.45, 2.75) is 31.1 Å². The van der Waals surface area contributed by atoms with E-state index in [-0.39, 0.29) is 22.8 Å². The van der Waals surface area contributed by atoms with Crippen LogP contribution in [0.25, 0.3) is 0 Å². The molecule has 2 aromatic carbocycles. The molecule has 1 heterocycles. The van der Waals surface area contributed by atoms with Crippen molar-refractivity contribution in [2.24, 2.45) is 5.10 Å². The zero-order valence-corrected chi connectivity index (χ0v) is 21.0. The summed E-state index contributed by atoms with van der Waals surface area (Å²) in [6.45, 7) is 8.31. The van der Waals surface area contributed by atoms with Gasteiger partial charge in [0.15, 0.2) is 0 Å². The normalized spacial score (nSPS) is 16.4. The quantitative estimate of drug-likeness (QED) is 0.468. The number of nitrogens with one attached hydrogen (secondary N) is 1. The lowest BCUT2D eigenvalue weighted by molar-refractivity contribution is -0.122. The Labute approximate surface area is 198 Å². The number of hydrogen-bond donors (Lipinski definition) is 1. The number of piperazine rings is 1. The van der Waals surface area contributed by atoms with Gasteiger partial charge < -0.3 is 0 Å². The molecule has 32 heavy (non-hydrogen) atoms. The van der Waals surface area contributed by atoms with E-state index in [1.54, 1.807) is 30.5 Å². The van der Waals surface area contributed by atoms with E-state index in [1.165, 1.54) is 9.87 Å². The third-order valence-electron chi connectivity index (χ3n) is 5.33. The fraction of sp³-hybridized carbons (Fsp3) is 0.391. The van der Waals surface area contributed by atoms with E-state index in [1.807, 2.05) is 17.0 Å². The fourth-order valence-corrected chi connectivity index (χ4v) is 5.06. The van der Waals surface area contributed by atoms with Crippen LogP contribution in [0.2, 0.25) is 0 Å². The van der Waals surface area contributed by atoms with E-state index in [0.29, 0.717) is 26.2 Å². The molecule has 0 aliphatic carbocycles.